The first-order valence-electron chi connectivity index (χ1n) is 32.9. The van der Waals surface area contributed by atoms with Crippen molar-refractivity contribution in [1.29, 1.82) is 0 Å². The molecule has 0 aliphatic carbocycles. The van der Waals surface area contributed by atoms with Gasteiger partial charge in [0.15, 0.2) is 34.3 Å². The second-order valence-corrected chi connectivity index (χ2v) is 27.2. The Morgan fingerprint density at radius 1 is 0.491 bits per heavy atom. The summed E-state index contributed by atoms with van der Waals surface area (Å²) < 4.78 is 112. The smallest absolute Gasteiger partial charge is 0.288 e. The number of benzene rings is 5. The molecule has 5 amide bonds. The van der Waals surface area contributed by atoms with Crippen molar-refractivity contribution in [2.45, 2.75) is 49.5 Å². The second kappa shape index (κ2) is 31.7. The van der Waals surface area contributed by atoms with Crippen LogP contribution in [0.2, 0.25) is 0 Å². The van der Waals surface area contributed by atoms with E-state index in [1.54, 1.807) is 59.0 Å². The first-order chi connectivity index (χ1) is 50.5. The molecule has 33 heteroatoms. The Labute approximate surface area is 610 Å². The van der Waals surface area contributed by atoms with E-state index in [0.29, 0.717) is 41.9 Å². The minimum absolute atomic E-state index is 0.00626. The molecule has 0 unspecified atom stereocenters. The predicted octanol–water partition coefficient (Wildman–Crippen LogP) is 5.98. The SMILES string of the molecule is CN(C)N1CC2(COC2)n2cc(Br)c(=O)c(OCc3ccccc3)c2C1=O.CN(C)N1CC2(COC2)n2cc(C(=O)NCc3ccc(F)cc3F)c(=O)c(O)c2C1=O.CN(C)N1CC2(COC2)n2cc(C(=O)NCc3ccc(F)cc3F)c(=O)c(OCc3ccccc3)c2C1=O.NCc1ccc(F)cc1F. The number of hydrazine groups is 3. The zero-order chi connectivity index (χ0) is 76.3. The Bertz CT molecular complexity index is 4900. The minimum atomic E-state index is -1.02. The molecule has 5 N–H and O–H groups in total. The monoisotopic (exact) mass is 1530 g/mol. The van der Waals surface area contributed by atoms with Gasteiger partial charge in [0.2, 0.25) is 16.3 Å². The molecule has 0 radical (unpaired) electrons. The summed E-state index contributed by atoms with van der Waals surface area (Å²) in [6.45, 7) is 2.66. The first-order valence-corrected chi connectivity index (χ1v) is 33.7. The Morgan fingerprint density at radius 3 is 1.18 bits per heavy atom. The lowest BCUT2D eigenvalue weighted by Gasteiger charge is -2.51. The summed E-state index contributed by atoms with van der Waals surface area (Å²) in [5.74, 6) is -8.28. The lowest BCUT2D eigenvalue weighted by molar-refractivity contribution is -0.138. The van der Waals surface area contributed by atoms with Crippen LogP contribution in [-0.2, 0) is 63.7 Å². The van der Waals surface area contributed by atoms with Crippen LogP contribution in [0, 0.1) is 34.9 Å². The maximum atomic E-state index is 14.1. The quantitative estimate of drug-likeness (QED) is 0.0809. The van der Waals surface area contributed by atoms with Crippen LogP contribution in [0.4, 0.5) is 26.3 Å². The molecule has 6 aliphatic heterocycles. The Morgan fingerprint density at radius 2 is 0.830 bits per heavy atom. The van der Waals surface area contributed by atoms with Crippen LogP contribution in [0.1, 0.15) is 80.0 Å². The minimum Gasteiger partial charge on any atom is -0.503 e. The van der Waals surface area contributed by atoms with E-state index in [0.717, 1.165) is 29.3 Å². The third-order valence-electron chi connectivity index (χ3n) is 18.4. The predicted molar refractivity (Wildman–Crippen MR) is 373 cm³/mol. The van der Waals surface area contributed by atoms with Crippen molar-refractivity contribution in [3.63, 3.8) is 0 Å². The van der Waals surface area contributed by atoms with Crippen LogP contribution in [0.25, 0.3) is 0 Å². The topological polar surface area (TPSA) is 287 Å². The van der Waals surface area contributed by atoms with Crippen LogP contribution in [0.5, 0.6) is 17.2 Å². The average Bonchev–Trinajstić information content (AvgIpc) is 0.727. The molecule has 3 fully saturated rings. The van der Waals surface area contributed by atoms with Gasteiger partial charge in [-0.05, 0) is 45.3 Å². The molecule has 0 saturated carbocycles. The molecule has 558 valence electrons. The third kappa shape index (κ3) is 15.4. The van der Waals surface area contributed by atoms with Crippen molar-refractivity contribution in [2.75, 3.05) is 102 Å². The summed E-state index contributed by atoms with van der Waals surface area (Å²) in [5, 5.41) is 24.9. The number of aromatic hydroxyl groups is 1. The summed E-state index contributed by atoms with van der Waals surface area (Å²) in [5.41, 5.74) is 2.67. The molecule has 3 saturated heterocycles. The summed E-state index contributed by atoms with van der Waals surface area (Å²) >= 11 is 3.33. The summed E-state index contributed by atoms with van der Waals surface area (Å²) in [6, 6.07) is 27.9. The highest BCUT2D eigenvalue weighted by Crippen LogP contribution is 2.40. The highest BCUT2D eigenvalue weighted by Gasteiger charge is 2.53. The standard InChI is InChI=1S/C27H26F2N4O5.C20H20F2N4O5.C19H20BrN3O4.C7H7F2N/c1-31(2)33-14-27(15-37-16-27)32-12-20(25(35)30-11-18-8-9-19(28)10-21(18)29)23(34)24(22(32)26(33)36)38-13-17-6-4-3-5-7-17;1-24(2)26-8-20(9-31-10-20)25-7-13(16(27)17(28)15(25)19(26)30)18(29)23-6-11-3-4-12(21)5-14(11)22;1-21(2)23-10-19(11-26-12-19)22-8-14(20)16(24)17(15(22)18(23)25)27-9-13-6-4-3-5-7-13;8-6-2-1-5(4-10)7(9)3-6/h3-10,12H,11,13-16H2,1-2H3,(H,30,35);3-5,7,28H,6,8-10H2,1-2H3,(H,23,29);3-8H,9-12H2,1-2H3;1-3H,4,10H2. The number of amides is 5. The van der Waals surface area contributed by atoms with Gasteiger partial charge in [-0.2, -0.15) is 0 Å². The molecule has 26 nitrogen and oxygen atoms in total. The van der Waals surface area contributed by atoms with E-state index >= 15 is 0 Å². The van der Waals surface area contributed by atoms with Gasteiger partial charge < -0.3 is 58.9 Å². The number of nitrogens with zero attached hydrogens (tertiary/aromatic N) is 9. The zero-order valence-electron chi connectivity index (χ0n) is 58.1. The highest BCUT2D eigenvalue weighted by atomic mass is 79.9. The van der Waals surface area contributed by atoms with E-state index < -0.39 is 97.3 Å². The molecular weight excluding hydrogens is 1460 g/mol. The van der Waals surface area contributed by atoms with Gasteiger partial charge in [-0.1, -0.05) is 78.9 Å². The van der Waals surface area contributed by atoms with Gasteiger partial charge in [0.25, 0.3) is 29.5 Å². The maximum Gasteiger partial charge on any atom is 0.288 e. The molecule has 6 aliphatic rings. The van der Waals surface area contributed by atoms with Crippen molar-refractivity contribution in [2.24, 2.45) is 5.73 Å². The maximum absolute atomic E-state index is 14.1. The number of aromatic nitrogens is 3. The van der Waals surface area contributed by atoms with Crippen molar-refractivity contribution < 1.29 is 79.1 Å². The van der Waals surface area contributed by atoms with Gasteiger partial charge in [-0.15, -0.1) is 0 Å². The van der Waals surface area contributed by atoms with Crippen molar-refractivity contribution in [3.8, 4) is 17.2 Å². The third-order valence-corrected chi connectivity index (χ3v) is 19.0. The summed E-state index contributed by atoms with van der Waals surface area (Å²) in [6.07, 6.45) is 4.25. The van der Waals surface area contributed by atoms with Crippen LogP contribution in [0.3, 0.4) is 0 Å². The molecule has 5 aromatic carbocycles. The number of hydrogen-bond acceptors (Lipinski definition) is 18. The molecule has 0 atom stereocenters. The molecule has 0 bridgehead atoms. The number of halogens is 7. The summed E-state index contributed by atoms with van der Waals surface area (Å²) in [4.78, 5) is 105. The molecule has 3 aromatic heterocycles. The van der Waals surface area contributed by atoms with E-state index in [9.17, 15) is 69.8 Å². The Hall–Kier alpha value is -10.5. The fourth-order valence-corrected chi connectivity index (χ4v) is 12.8. The van der Waals surface area contributed by atoms with Gasteiger partial charge >= 0.3 is 0 Å². The second-order valence-electron chi connectivity index (χ2n) is 26.3. The molecule has 14 rings (SSSR count). The fraction of sp³-hybridized carbons (Fsp3) is 0.315. The van der Waals surface area contributed by atoms with Crippen LogP contribution < -0.4 is 42.1 Å². The number of ether oxygens (including phenoxy) is 5. The van der Waals surface area contributed by atoms with E-state index in [1.807, 2.05) is 79.3 Å². The van der Waals surface area contributed by atoms with E-state index in [2.05, 4.69) is 26.6 Å². The van der Waals surface area contributed by atoms with Gasteiger partial charge in [-0.3, -0.25) is 53.4 Å². The molecule has 9 heterocycles. The highest BCUT2D eigenvalue weighted by molar-refractivity contribution is 9.10. The van der Waals surface area contributed by atoms with Crippen LogP contribution in [-0.4, -0.2) is 180 Å². The molecule has 106 heavy (non-hydrogen) atoms. The zero-order valence-corrected chi connectivity index (χ0v) is 59.7. The number of nitrogens with two attached hydrogens (primary N) is 1. The molecule has 3 spiro atoms. The lowest BCUT2D eigenvalue weighted by Crippen LogP contribution is -2.66. The van der Waals surface area contributed by atoms with Gasteiger partial charge in [0, 0.05) is 115 Å². The largest absolute Gasteiger partial charge is 0.503 e. The van der Waals surface area contributed by atoms with Crippen molar-refractivity contribution >= 4 is 45.5 Å². The molecule has 8 aromatic rings. The van der Waals surface area contributed by atoms with E-state index in [-0.39, 0.29) is 129 Å². The first kappa shape index (κ1) is 76.6. The Balaban J connectivity index is 0.000000150. The van der Waals surface area contributed by atoms with E-state index in [1.165, 1.54) is 51.2 Å². The van der Waals surface area contributed by atoms with Crippen molar-refractivity contribution in [1.82, 2.24) is 54.4 Å². The van der Waals surface area contributed by atoms with Crippen LogP contribution >= 0.6 is 15.9 Å². The summed E-state index contributed by atoms with van der Waals surface area (Å²) in [7, 11) is 10.4. The van der Waals surface area contributed by atoms with Gasteiger partial charge in [-0.25, -0.2) is 41.4 Å². The lowest BCUT2D eigenvalue weighted by atomic mass is 9.92. The van der Waals surface area contributed by atoms with Gasteiger partial charge in [0.05, 0.1) is 63.7 Å². The number of fused-ring (bicyclic) bond motifs is 6. The van der Waals surface area contributed by atoms with E-state index in [4.69, 9.17) is 29.4 Å². The number of hydrogen-bond donors (Lipinski definition) is 4. The number of nitrogens with one attached hydrogen (secondary N) is 2. The normalized spacial score (nSPS) is 16.1. The van der Waals surface area contributed by atoms with Crippen LogP contribution in [0.15, 0.2) is 153 Å². The number of rotatable bonds is 16. The molecular formula is C73H73BrF6N12O14. The Kier molecular flexibility index (Phi) is 22.9. The number of pyridine rings is 3. The van der Waals surface area contributed by atoms with Crippen molar-refractivity contribution in [3.05, 3.63) is 260 Å². The number of carbonyl (C=O) groups excluding carboxylic acids is 5. The van der Waals surface area contributed by atoms with Gasteiger partial charge in [0.1, 0.15) is 75.9 Å². The fourth-order valence-electron chi connectivity index (χ4n) is 12.4. The number of carbonyl (C=O) groups is 5. The average molecular weight is 1540 g/mol.